The first-order valence-electron chi connectivity index (χ1n) is 7.02. The minimum atomic E-state index is -0.408. The largest absolute Gasteiger partial charge is 0.465 e. The third-order valence-electron chi connectivity index (χ3n) is 4.00. The van der Waals surface area contributed by atoms with Crippen LogP contribution in [0.2, 0.25) is 5.02 Å². The highest BCUT2D eigenvalue weighted by molar-refractivity contribution is 6.34. The minimum Gasteiger partial charge on any atom is -0.465 e. The number of carbonyl (C=O) groups is 1. The maximum absolute atomic E-state index is 12.0. The van der Waals surface area contributed by atoms with Crippen LogP contribution < -0.4 is 10.6 Å². The topological polar surface area (TPSA) is 58.8 Å². The van der Waals surface area contributed by atoms with Crippen LogP contribution in [0.4, 0.5) is 11.4 Å². The summed E-state index contributed by atoms with van der Waals surface area (Å²) in [6.45, 7) is 1.72. The summed E-state index contributed by atoms with van der Waals surface area (Å²) in [5, 5.41) is 0.499. The smallest absolute Gasteiger partial charge is 0.340 e. The van der Waals surface area contributed by atoms with Gasteiger partial charge in [-0.3, -0.25) is 0 Å². The van der Waals surface area contributed by atoms with Crippen LogP contribution in [0.3, 0.4) is 0 Å². The van der Waals surface area contributed by atoms with Gasteiger partial charge in [-0.05, 0) is 39.1 Å². The Morgan fingerprint density at radius 1 is 1.38 bits per heavy atom. The lowest BCUT2D eigenvalue weighted by Gasteiger charge is -2.37. The van der Waals surface area contributed by atoms with Crippen LogP contribution in [0.1, 0.15) is 23.2 Å². The van der Waals surface area contributed by atoms with Gasteiger partial charge < -0.3 is 20.3 Å². The molecule has 1 aromatic carbocycles. The lowest BCUT2D eigenvalue weighted by atomic mass is 10.0. The average molecular weight is 312 g/mol. The van der Waals surface area contributed by atoms with Crippen LogP contribution in [0.15, 0.2) is 12.1 Å². The quantitative estimate of drug-likeness (QED) is 0.685. The Kier molecular flexibility index (Phi) is 4.96. The zero-order chi connectivity index (χ0) is 15.6. The highest BCUT2D eigenvalue weighted by Gasteiger charge is 2.26. The van der Waals surface area contributed by atoms with Gasteiger partial charge in [0.15, 0.2) is 0 Å². The molecule has 1 fully saturated rings. The Balaban J connectivity index is 2.29. The van der Waals surface area contributed by atoms with E-state index in [4.69, 9.17) is 22.1 Å². The van der Waals surface area contributed by atoms with E-state index in [9.17, 15) is 4.79 Å². The van der Waals surface area contributed by atoms with Crippen LogP contribution in [-0.2, 0) is 4.74 Å². The SMILES string of the molecule is COC(=O)c1cc(N)cc(Cl)c1N1CCC(N(C)C)CC1. The molecule has 6 heteroatoms. The summed E-state index contributed by atoms with van der Waals surface area (Å²) in [6, 6.07) is 3.88. The van der Waals surface area contributed by atoms with Crippen LogP contribution in [0.5, 0.6) is 0 Å². The molecule has 1 aliphatic heterocycles. The molecule has 2 rings (SSSR count). The lowest BCUT2D eigenvalue weighted by Crippen LogP contribution is -2.42. The molecule has 0 bridgehead atoms. The number of carbonyl (C=O) groups excluding carboxylic acids is 1. The number of esters is 1. The summed E-state index contributed by atoms with van der Waals surface area (Å²) >= 11 is 6.33. The minimum absolute atomic E-state index is 0.408. The summed E-state index contributed by atoms with van der Waals surface area (Å²) in [4.78, 5) is 16.4. The number of nitrogens with two attached hydrogens (primary N) is 1. The third-order valence-corrected chi connectivity index (χ3v) is 4.29. The number of hydrogen-bond donors (Lipinski definition) is 1. The van der Waals surface area contributed by atoms with Gasteiger partial charge in [-0.25, -0.2) is 4.79 Å². The predicted octanol–water partition coefficient (Wildman–Crippen LogP) is 2.24. The third kappa shape index (κ3) is 3.41. The van der Waals surface area contributed by atoms with Crippen LogP contribution in [0.25, 0.3) is 0 Å². The van der Waals surface area contributed by atoms with Crippen molar-refractivity contribution in [1.82, 2.24) is 4.90 Å². The summed E-state index contributed by atoms with van der Waals surface area (Å²) in [7, 11) is 5.55. The zero-order valence-corrected chi connectivity index (χ0v) is 13.5. The molecule has 0 aromatic heterocycles. The first-order chi connectivity index (χ1) is 9.93. The second-order valence-corrected chi connectivity index (χ2v) is 5.98. The molecule has 0 amide bonds. The Hall–Kier alpha value is -1.46. The predicted molar refractivity (Wildman–Crippen MR) is 86.1 cm³/mol. The second kappa shape index (κ2) is 6.54. The zero-order valence-electron chi connectivity index (χ0n) is 12.7. The van der Waals surface area contributed by atoms with E-state index in [1.165, 1.54) is 7.11 Å². The highest BCUT2D eigenvalue weighted by Crippen LogP contribution is 2.35. The van der Waals surface area contributed by atoms with Gasteiger partial charge in [0.1, 0.15) is 0 Å². The Bertz CT molecular complexity index is 526. The van der Waals surface area contributed by atoms with Gasteiger partial charge in [0, 0.05) is 24.8 Å². The molecule has 1 heterocycles. The first kappa shape index (κ1) is 15.9. The molecule has 21 heavy (non-hydrogen) atoms. The van der Waals surface area contributed by atoms with Gasteiger partial charge in [-0.2, -0.15) is 0 Å². The molecule has 116 valence electrons. The molecule has 1 aliphatic rings. The molecule has 1 saturated heterocycles. The number of nitrogens with zero attached hydrogens (tertiary/aromatic N) is 2. The van der Waals surface area contributed by atoms with Crippen molar-refractivity contribution in [3.05, 3.63) is 22.7 Å². The second-order valence-electron chi connectivity index (χ2n) is 5.57. The van der Waals surface area contributed by atoms with Crippen LogP contribution >= 0.6 is 11.6 Å². The van der Waals surface area contributed by atoms with Crippen molar-refractivity contribution in [3.8, 4) is 0 Å². The molecule has 5 nitrogen and oxygen atoms in total. The van der Waals surface area contributed by atoms with Crippen molar-refractivity contribution in [2.24, 2.45) is 0 Å². The van der Waals surface area contributed by atoms with Crippen molar-refractivity contribution in [2.45, 2.75) is 18.9 Å². The Morgan fingerprint density at radius 3 is 2.52 bits per heavy atom. The Labute approximate surface area is 130 Å². The number of nitrogen functional groups attached to an aromatic ring is 1. The van der Waals surface area contributed by atoms with E-state index < -0.39 is 5.97 Å². The molecular weight excluding hydrogens is 290 g/mol. The standard InChI is InChI=1S/C15H22ClN3O2/c1-18(2)11-4-6-19(7-5-11)14-12(15(20)21-3)8-10(17)9-13(14)16/h8-9,11H,4-7,17H2,1-3H3. The number of methoxy groups -OCH3 is 1. The van der Waals surface area contributed by atoms with Gasteiger partial charge in [-0.1, -0.05) is 11.6 Å². The van der Waals surface area contributed by atoms with E-state index in [1.807, 2.05) is 0 Å². The molecule has 0 unspecified atom stereocenters. The maximum atomic E-state index is 12.0. The highest BCUT2D eigenvalue weighted by atomic mass is 35.5. The molecule has 0 atom stereocenters. The van der Waals surface area contributed by atoms with Crippen molar-refractivity contribution < 1.29 is 9.53 Å². The number of ether oxygens (including phenoxy) is 1. The van der Waals surface area contributed by atoms with Gasteiger partial charge >= 0.3 is 5.97 Å². The summed E-state index contributed by atoms with van der Waals surface area (Å²) in [5.41, 5.74) is 7.43. The fourth-order valence-electron chi connectivity index (χ4n) is 2.81. The summed E-state index contributed by atoms with van der Waals surface area (Å²) in [5.74, 6) is -0.408. The van der Waals surface area contributed by atoms with Crippen LogP contribution in [0, 0.1) is 0 Å². The van der Waals surface area contributed by atoms with Gasteiger partial charge in [0.25, 0.3) is 0 Å². The lowest BCUT2D eigenvalue weighted by molar-refractivity contribution is 0.0601. The molecular formula is C15H22ClN3O2. The average Bonchev–Trinajstić information content (AvgIpc) is 2.45. The fraction of sp³-hybridized carbons (Fsp3) is 0.533. The molecule has 0 saturated carbocycles. The number of anilines is 2. The van der Waals surface area contributed by atoms with E-state index in [0.29, 0.717) is 22.3 Å². The van der Waals surface area contributed by atoms with Gasteiger partial charge in [-0.15, -0.1) is 0 Å². The van der Waals surface area contributed by atoms with Crippen molar-refractivity contribution in [1.29, 1.82) is 0 Å². The maximum Gasteiger partial charge on any atom is 0.340 e. The number of rotatable bonds is 3. The molecule has 2 N–H and O–H groups in total. The van der Waals surface area contributed by atoms with E-state index in [0.717, 1.165) is 31.6 Å². The van der Waals surface area contributed by atoms with Crippen molar-refractivity contribution in [2.75, 3.05) is 44.9 Å². The van der Waals surface area contributed by atoms with Crippen LogP contribution in [-0.4, -0.2) is 51.2 Å². The van der Waals surface area contributed by atoms with E-state index in [2.05, 4.69) is 23.9 Å². The van der Waals surface area contributed by atoms with E-state index in [1.54, 1.807) is 12.1 Å². The first-order valence-corrected chi connectivity index (χ1v) is 7.40. The van der Waals surface area contributed by atoms with Gasteiger partial charge in [0.2, 0.25) is 0 Å². The molecule has 0 aliphatic carbocycles. The van der Waals surface area contributed by atoms with Crippen molar-refractivity contribution in [3.63, 3.8) is 0 Å². The summed E-state index contributed by atoms with van der Waals surface area (Å²) < 4.78 is 4.85. The van der Waals surface area contributed by atoms with Crippen molar-refractivity contribution >= 4 is 28.9 Å². The molecule has 1 aromatic rings. The molecule has 0 radical (unpaired) electrons. The van der Waals surface area contributed by atoms with E-state index in [-0.39, 0.29) is 0 Å². The van der Waals surface area contributed by atoms with Gasteiger partial charge in [0.05, 0.1) is 23.4 Å². The molecule has 0 spiro atoms. The van der Waals surface area contributed by atoms with E-state index >= 15 is 0 Å². The number of hydrogen-bond acceptors (Lipinski definition) is 5. The summed E-state index contributed by atoms with van der Waals surface area (Å²) in [6.07, 6.45) is 2.07. The Morgan fingerprint density at radius 2 is 2.00 bits per heavy atom. The number of benzene rings is 1. The number of piperidine rings is 1. The monoisotopic (exact) mass is 311 g/mol. The fourth-order valence-corrected chi connectivity index (χ4v) is 3.16. The normalized spacial score (nSPS) is 16.3. The number of halogens is 1.